The van der Waals surface area contributed by atoms with Crippen molar-refractivity contribution in [1.82, 2.24) is 9.80 Å². The maximum atomic E-state index is 15.3. The van der Waals surface area contributed by atoms with Crippen LogP contribution in [0.1, 0.15) is 34.8 Å². The number of halogens is 4. The number of hydrogen-bond donors (Lipinski definition) is 1. The minimum absolute atomic E-state index is 0.00786. The molecule has 0 spiro atoms. The van der Waals surface area contributed by atoms with Gasteiger partial charge in [-0.2, -0.15) is 0 Å². The molecule has 0 aliphatic carbocycles. The Hall–Kier alpha value is -4.38. The monoisotopic (exact) mass is 725 g/mol. The summed E-state index contributed by atoms with van der Waals surface area (Å²) in [6, 6.07) is 9.22. The molecular formula is C32H31ClF3N3O9S. The fourth-order valence-corrected chi connectivity index (χ4v) is 8.07. The summed E-state index contributed by atoms with van der Waals surface area (Å²) >= 11 is 6.47. The zero-order valence-corrected chi connectivity index (χ0v) is 28.3. The Morgan fingerprint density at radius 3 is 2.29 bits per heavy atom. The third-order valence-corrected chi connectivity index (χ3v) is 10.4. The molecule has 2 aliphatic rings. The number of aliphatic hydroxyl groups excluding tert-OH is 1. The molecule has 12 nitrogen and oxygen atoms in total. The number of Topliss-reactive ketones (excluding diaryl/α,β-unsaturated/α-hetero) is 1. The lowest BCUT2D eigenvalue weighted by Crippen LogP contribution is -2.59. The van der Waals surface area contributed by atoms with Gasteiger partial charge in [-0.3, -0.25) is 19.3 Å². The van der Waals surface area contributed by atoms with Gasteiger partial charge in [-0.1, -0.05) is 11.6 Å². The van der Waals surface area contributed by atoms with Gasteiger partial charge in [-0.15, -0.1) is 13.2 Å². The molecule has 1 saturated heterocycles. The van der Waals surface area contributed by atoms with Crippen LogP contribution in [0.4, 0.5) is 18.9 Å². The fourth-order valence-electron chi connectivity index (χ4n) is 6.34. The lowest BCUT2D eigenvalue weighted by atomic mass is 9.80. The number of carbonyl (C=O) groups is 3. The largest absolute Gasteiger partial charge is 0.573 e. The van der Waals surface area contributed by atoms with E-state index in [1.807, 2.05) is 0 Å². The van der Waals surface area contributed by atoms with E-state index in [0.29, 0.717) is 10.4 Å². The van der Waals surface area contributed by atoms with Crippen LogP contribution in [0.3, 0.4) is 0 Å². The number of nitrogens with zero attached hydrogens (tertiary/aromatic N) is 3. The molecule has 2 heterocycles. The van der Waals surface area contributed by atoms with Crippen molar-refractivity contribution in [3.05, 3.63) is 76.3 Å². The number of anilines is 1. The van der Waals surface area contributed by atoms with E-state index >= 15 is 4.79 Å². The van der Waals surface area contributed by atoms with Gasteiger partial charge in [0, 0.05) is 48.4 Å². The molecule has 3 atom stereocenters. The van der Waals surface area contributed by atoms with Crippen LogP contribution in [0.15, 0.2) is 59.5 Å². The third-order valence-electron chi connectivity index (χ3n) is 8.39. The van der Waals surface area contributed by atoms with Gasteiger partial charge in [-0.25, -0.2) is 12.7 Å². The Kier molecular flexibility index (Phi) is 9.40. The predicted molar refractivity (Wildman–Crippen MR) is 169 cm³/mol. The first-order valence-corrected chi connectivity index (χ1v) is 16.4. The minimum atomic E-state index is -5.34. The van der Waals surface area contributed by atoms with Crippen molar-refractivity contribution in [3.63, 3.8) is 0 Å². The Morgan fingerprint density at radius 2 is 1.69 bits per heavy atom. The van der Waals surface area contributed by atoms with Gasteiger partial charge < -0.3 is 24.2 Å². The third kappa shape index (κ3) is 6.06. The molecule has 1 fully saturated rings. The summed E-state index contributed by atoms with van der Waals surface area (Å²) in [6.07, 6.45) is -6.71. The highest BCUT2D eigenvalue weighted by Crippen LogP contribution is 2.55. The second kappa shape index (κ2) is 12.8. The van der Waals surface area contributed by atoms with Crippen LogP contribution >= 0.6 is 11.6 Å². The number of amides is 2. The summed E-state index contributed by atoms with van der Waals surface area (Å²) in [6.45, 7) is 0.911. The average molecular weight is 726 g/mol. The molecule has 0 bridgehead atoms. The normalized spacial score (nSPS) is 21.0. The Balaban J connectivity index is 1.90. The van der Waals surface area contributed by atoms with Crippen molar-refractivity contribution in [1.29, 1.82) is 0 Å². The Labute approximate surface area is 284 Å². The summed E-state index contributed by atoms with van der Waals surface area (Å²) in [7, 11) is 0.0382. The number of hydrogen-bond acceptors (Lipinski definition) is 10. The maximum Gasteiger partial charge on any atom is 0.573 e. The van der Waals surface area contributed by atoms with Crippen LogP contribution < -0.4 is 18.5 Å². The highest BCUT2D eigenvalue weighted by molar-refractivity contribution is 7.93. The number of β-amino-alcohol motifs (C(OH)–C–C–N with tert-alkyl or cyclic N) is 1. The number of likely N-dealkylation sites (N-methyl/N-ethyl adjacent to an activating group) is 1. The van der Waals surface area contributed by atoms with Crippen molar-refractivity contribution in [2.24, 2.45) is 0 Å². The van der Waals surface area contributed by atoms with Crippen molar-refractivity contribution < 1.29 is 55.3 Å². The van der Waals surface area contributed by atoms with Crippen molar-refractivity contribution in [2.75, 3.05) is 39.2 Å². The number of ketones is 1. The van der Waals surface area contributed by atoms with Crippen LogP contribution in [0.2, 0.25) is 5.02 Å². The fraction of sp³-hybridized carbons (Fsp3) is 0.344. The maximum absolute atomic E-state index is 15.3. The second-order valence-electron chi connectivity index (χ2n) is 11.6. The molecule has 262 valence electrons. The molecule has 2 amide bonds. The molecule has 3 aromatic rings. The highest BCUT2D eigenvalue weighted by atomic mass is 35.5. The quantitative estimate of drug-likeness (QED) is 0.322. The summed E-state index contributed by atoms with van der Waals surface area (Å²) in [4.78, 5) is 43.2. The van der Waals surface area contributed by atoms with E-state index in [2.05, 4.69) is 4.74 Å². The van der Waals surface area contributed by atoms with E-state index in [1.54, 1.807) is 0 Å². The van der Waals surface area contributed by atoms with Gasteiger partial charge in [0.15, 0.2) is 17.1 Å². The minimum Gasteiger partial charge on any atom is -0.497 e. The molecule has 0 radical (unpaired) electrons. The lowest BCUT2D eigenvalue weighted by Gasteiger charge is -2.42. The molecule has 17 heteroatoms. The number of ether oxygens (including phenoxy) is 3. The number of rotatable bonds is 9. The van der Waals surface area contributed by atoms with Crippen molar-refractivity contribution >= 4 is 44.9 Å². The number of carbonyl (C=O) groups excluding carboxylic acids is 3. The number of sulfonamides is 1. The lowest BCUT2D eigenvalue weighted by molar-refractivity contribution is -0.275. The van der Waals surface area contributed by atoms with E-state index in [-0.39, 0.29) is 51.9 Å². The van der Waals surface area contributed by atoms with Crippen LogP contribution in [0.25, 0.3) is 0 Å². The average Bonchev–Trinajstić information content (AvgIpc) is 3.53. The topological polar surface area (TPSA) is 143 Å². The number of benzene rings is 3. The van der Waals surface area contributed by atoms with E-state index in [4.69, 9.17) is 21.1 Å². The molecule has 0 aromatic heterocycles. The van der Waals surface area contributed by atoms with Gasteiger partial charge in [0.1, 0.15) is 16.4 Å². The van der Waals surface area contributed by atoms with Crippen LogP contribution in [-0.4, -0.2) is 94.3 Å². The molecule has 3 aromatic carbocycles. The number of methoxy groups -OCH3 is 2. The molecular weight excluding hydrogens is 695 g/mol. The SMILES string of the molecule is COc1ccc(S(=O)(=O)N2C(=O)C(c3cc(C(C)=O)ccc3OC)(N3C[C@H](O)C[C@H]3C(=O)N(C)C)c3cc(Cl)ccc32)c(OC(F)(F)F)c1. The van der Waals surface area contributed by atoms with Crippen LogP contribution in [0, 0.1) is 0 Å². The van der Waals surface area contributed by atoms with E-state index in [0.717, 1.165) is 19.2 Å². The first-order chi connectivity index (χ1) is 22.9. The molecule has 1 unspecified atom stereocenters. The molecule has 1 N–H and O–H groups in total. The number of alkyl halides is 3. The van der Waals surface area contributed by atoms with Gasteiger partial charge in [-0.05, 0) is 61.9 Å². The summed E-state index contributed by atoms with van der Waals surface area (Å²) < 4.78 is 85.0. The summed E-state index contributed by atoms with van der Waals surface area (Å²) in [5.74, 6) is -3.62. The number of fused-ring (bicyclic) bond motifs is 1. The molecule has 5 rings (SSSR count). The Morgan fingerprint density at radius 1 is 1.00 bits per heavy atom. The summed E-state index contributed by atoms with van der Waals surface area (Å²) in [5, 5.41) is 11.0. The van der Waals surface area contributed by atoms with E-state index in [1.165, 1.54) is 74.3 Å². The van der Waals surface area contributed by atoms with Crippen LogP contribution in [-0.2, 0) is 25.2 Å². The second-order valence-corrected chi connectivity index (χ2v) is 13.8. The first kappa shape index (κ1) is 35.9. The molecule has 49 heavy (non-hydrogen) atoms. The van der Waals surface area contributed by atoms with Crippen molar-refractivity contribution in [3.8, 4) is 17.2 Å². The van der Waals surface area contributed by atoms with Crippen LogP contribution in [0.5, 0.6) is 17.2 Å². The molecule has 2 aliphatic heterocycles. The number of aliphatic hydroxyl groups is 1. The van der Waals surface area contributed by atoms with Gasteiger partial charge in [0.05, 0.1) is 32.1 Å². The van der Waals surface area contributed by atoms with E-state index in [9.17, 15) is 36.3 Å². The standard InChI is InChI=1S/C32H31ClF3N3O9S/c1-17(40)18-6-10-26(47-5)23(12-18)31(38-16-20(41)14-25(38)29(42)37(2)3)22-13-19(33)7-9-24(22)39(30(31)43)49(44,45)28-11-8-21(46-4)15-27(28)48-32(34,35)36/h6-13,15,20,25,41H,14,16H2,1-5H3/t20-,25+,31?/m1/s1. The van der Waals surface area contributed by atoms with Crippen molar-refractivity contribution in [2.45, 2.75) is 42.3 Å². The summed E-state index contributed by atoms with van der Waals surface area (Å²) in [5.41, 5.74) is -2.78. The smallest absolute Gasteiger partial charge is 0.497 e. The molecule has 0 saturated carbocycles. The first-order valence-electron chi connectivity index (χ1n) is 14.6. The van der Waals surface area contributed by atoms with Gasteiger partial charge in [0.2, 0.25) is 5.91 Å². The predicted octanol–water partition coefficient (Wildman–Crippen LogP) is 3.96. The highest BCUT2D eigenvalue weighted by Gasteiger charge is 2.64. The Bertz CT molecular complexity index is 1960. The number of likely N-dealkylation sites (tertiary alicyclic amines) is 1. The van der Waals surface area contributed by atoms with Gasteiger partial charge >= 0.3 is 6.36 Å². The zero-order chi connectivity index (χ0) is 36.2. The van der Waals surface area contributed by atoms with E-state index < -0.39 is 62.3 Å². The zero-order valence-electron chi connectivity index (χ0n) is 26.7. The van der Waals surface area contributed by atoms with Gasteiger partial charge in [0.25, 0.3) is 15.9 Å².